The van der Waals surface area contributed by atoms with Gasteiger partial charge in [-0.2, -0.15) is 13.2 Å². The highest BCUT2D eigenvalue weighted by atomic mass is 32.2. The Labute approximate surface area is 189 Å². The number of hydrogen-bond acceptors (Lipinski definition) is 4. The molecule has 0 saturated heterocycles. The van der Waals surface area contributed by atoms with E-state index in [2.05, 4.69) is 5.32 Å². The molecule has 1 aromatic heterocycles. The van der Waals surface area contributed by atoms with Gasteiger partial charge in [-0.3, -0.25) is 4.79 Å². The summed E-state index contributed by atoms with van der Waals surface area (Å²) in [6, 6.07) is 12.0. The molecule has 10 heteroatoms. The lowest BCUT2D eigenvalue weighted by Crippen LogP contribution is -2.16. The number of carbonyl (C=O) groups excluding carboxylic acids is 1. The van der Waals surface area contributed by atoms with Gasteiger partial charge in [0.25, 0.3) is 5.91 Å². The lowest BCUT2D eigenvalue weighted by Gasteiger charge is -2.18. The Morgan fingerprint density at radius 1 is 1.12 bits per heavy atom. The fourth-order valence-electron chi connectivity index (χ4n) is 3.58. The number of benzene rings is 2. The van der Waals surface area contributed by atoms with Crippen LogP contribution in [0.1, 0.15) is 34.2 Å². The van der Waals surface area contributed by atoms with Crippen molar-refractivity contribution in [1.82, 2.24) is 4.57 Å². The predicted octanol–water partition coefficient (Wildman–Crippen LogP) is 4.38. The summed E-state index contributed by atoms with van der Waals surface area (Å²) in [4.78, 5) is 13.0. The number of para-hydroxylation sites is 1. The highest BCUT2D eigenvalue weighted by Gasteiger charge is 2.35. The van der Waals surface area contributed by atoms with Gasteiger partial charge < -0.3 is 15.0 Å². The molecule has 0 radical (unpaired) electrons. The zero-order chi connectivity index (χ0) is 24.6. The Bertz CT molecular complexity index is 1280. The number of aliphatic hydroxyl groups is 1. The fraction of sp³-hybridized carbons (Fsp3) is 0.261. The van der Waals surface area contributed by atoms with Crippen LogP contribution in [0.2, 0.25) is 0 Å². The molecule has 2 aromatic carbocycles. The molecule has 3 rings (SSSR count). The molecule has 0 spiro atoms. The van der Waals surface area contributed by atoms with Crippen LogP contribution in [0.4, 0.5) is 18.9 Å². The number of alkyl halides is 3. The van der Waals surface area contributed by atoms with E-state index in [-0.39, 0.29) is 28.3 Å². The third-order valence-corrected chi connectivity index (χ3v) is 6.19. The summed E-state index contributed by atoms with van der Waals surface area (Å²) >= 11 is 0. The molecule has 0 aliphatic rings. The van der Waals surface area contributed by atoms with Gasteiger partial charge in [0.2, 0.25) is 0 Å². The first-order valence-corrected chi connectivity index (χ1v) is 11.9. The van der Waals surface area contributed by atoms with E-state index in [9.17, 15) is 31.5 Å². The molecular weight excluding hydrogens is 457 g/mol. The van der Waals surface area contributed by atoms with E-state index in [1.807, 2.05) is 0 Å². The number of aromatic nitrogens is 1. The van der Waals surface area contributed by atoms with Gasteiger partial charge in [-0.15, -0.1) is 0 Å². The Kier molecular flexibility index (Phi) is 6.71. The van der Waals surface area contributed by atoms with Crippen molar-refractivity contribution in [2.24, 2.45) is 0 Å². The SMILES string of the molecule is Cc1c(C(=O)Nc2ccc(S(C)(=O)=O)cc2)cc(CC(C)O)n1-c1ccccc1C(F)(F)F. The third-order valence-electron chi connectivity index (χ3n) is 5.06. The van der Waals surface area contributed by atoms with Crippen molar-refractivity contribution in [2.45, 2.75) is 37.4 Å². The average Bonchev–Trinajstić information content (AvgIpc) is 3.02. The quantitative estimate of drug-likeness (QED) is 0.548. The van der Waals surface area contributed by atoms with Crippen molar-refractivity contribution >= 4 is 21.4 Å². The first kappa shape index (κ1) is 24.5. The van der Waals surface area contributed by atoms with Crippen LogP contribution in [-0.2, 0) is 22.4 Å². The van der Waals surface area contributed by atoms with Gasteiger partial charge in [-0.05, 0) is 56.3 Å². The smallest absolute Gasteiger partial charge is 0.393 e. The van der Waals surface area contributed by atoms with Crippen LogP contribution in [0, 0.1) is 6.92 Å². The largest absolute Gasteiger partial charge is 0.418 e. The number of halogens is 3. The molecule has 3 aromatic rings. The van der Waals surface area contributed by atoms with Gasteiger partial charge in [0.05, 0.1) is 27.8 Å². The molecule has 1 atom stereocenters. The number of nitrogens with one attached hydrogen (secondary N) is 1. The van der Waals surface area contributed by atoms with Gasteiger partial charge in [0.15, 0.2) is 9.84 Å². The van der Waals surface area contributed by atoms with E-state index in [4.69, 9.17) is 0 Å². The molecule has 0 aliphatic carbocycles. The number of aliphatic hydroxyl groups excluding tert-OH is 1. The summed E-state index contributed by atoms with van der Waals surface area (Å²) in [6.45, 7) is 3.03. The zero-order valence-corrected chi connectivity index (χ0v) is 19.0. The lowest BCUT2D eigenvalue weighted by molar-refractivity contribution is -0.137. The lowest BCUT2D eigenvalue weighted by atomic mass is 10.1. The number of hydrogen-bond donors (Lipinski definition) is 2. The number of rotatable bonds is 6. The highest BCUT2D eigenvalue weighted by molar-refractivity contribution is 7.90. The molecule has 0 saturated carbocycles. The van der Waals surface area contributed by atoms with Gasteiger partial charge >= 0.3 is 6.18 Å². The second-order valence-electron chi connectivity index (χ2n) is 7.79. The summed E-state index contributed by atoms with van der Waals surface area (Å²) < 4.78 is 65.5. The van der Waals surface area contributed by atoms with E-state index < -0.39 is 33.6 Å². The maximum absolute atomic E-state index is 13.6. The summed E-state index contributed by atoms with van der Waals surface area (Å²) in [5.41, 5.74) is 0.0695. The van der Waals surface area contributed by atoms with Crippen molar-refractivity contribution in [3.05, 3.63) is 77.1 Å². The first-order valence-electron chi connectivity index (χ1n) is 9.96. The van der Waals surface area contributed by atoms with Gasteiger partial charge in [-0.25, -0.2) is 8.42 Å². The minimum Gasteiger partial charge on any atom is -0.393 e. The van der Waals surface area contributed by atoms with Crippen molar-refractivity contribution in [1.29, 1.82) is 0 Å². The summed E-state index contributed by atoms with van der Waals surface area (Å²) in [5, 5.41) is 12.5. The molecule has 6 nitrogen and oxygen atoms in total. The maximum atomic E-state index is 13.6. The molecule has 0 fully saturated rings. The number of anilines is 1. The van der Waals surface area contributed by atoms with Crippen LogP contribution in [0.15, 0.2) is 59.5 Å². The van der Waals surface area contributed by atoms with Crippen LogP contribution in [-0.4, -0.2) is 36.4 Å². The van der Waals surface area contributed by atoms with Crippen LogP contribution in [0.25, 0.3) is 5.69 Å². The third kappa shape index (κ3) is 5.45. The van der Waals surface area contributed by atoms with Gasteiger partial charge in [0, 0.05) is 29.8 Å². The van der Waals surface area contributed by atoms with Gasteiger partial charge in [0.1, 0.15) is 0 Å². The molecule has 176 valence electrons. The van der Waals surface area contributed by atoms with E-state index in [1.165, 1.54) is 66.9 Å². The number of nitrogens with zero attached hydrogens (tertiary/aromatic N) is 1. The summed E-state index contributed by atoms with van der Waals surface area (Å²) in [7, 11) is -3.40. The molecule has 1 amide bonds. The minimum absolute atomic E-state index is 0.0311. The molecule has 1 unspecified atom stereocenters. The van der Waals surface area contributed by atoms with Crippen LogP contribution in [0.3, 0.4) is 0 Å². The van der Waals surface area contributed by atoms with Crippen LogP contribution >= 0.6 is 0 Å². The Hall–Kier alpha value is -3.11. The number of carbonyl (C=O) groups is 1. The van der Waals surface area contributed by atoms with E-state index in [0.29, 0.717) is 11.4 Å². The van der Waals surface area contributed by atoms with Crippen molar-refractivity contribution in [2.75, 3.05) is 11.6 Å². The summed E-state index contributed by atoms with van der Waals surface area (Å²) in [5.74, 6) is -0.574. The van der Waals surface area contributed by atoms with E-state index >= 15 is 0 Å². The Morgan fingerprint density at radius 2 is 1.73 bits per heavy atom. The first-order chi connectivity index (χ1) is 15.3. The van der Waals surface area contributed by atoms with Crippen molar-refractivity contribution in [3.63, 3.8) is 0 Å². The standard InChI is InChI=1S/C23H23F3N2O4S/c1-14(29)12-17-13-19(22(30)27-16-8-10-18(11-9-16)33(3,31)32)15(2)28(17)21-7-5-4-6-20(21)23(24,25)26/h4-11,13-14,29H,12H2,1-3H3,(H,27,30). The molecule has 0 aliphatic heterocycles. The van der Waals surface area contributed by atoms with Crippen molar-refractivity contribution in [3.8, 4) is 5.69 Å². The zero-order valence-electron chi connectivity index (χ0n) is 18.1. The molecule has 1 heterocycles. The van der Waals surface area contributed by atoms with Crippen molar-refractivity contribution < 1.29 is 31.5 Å². The Morgan fingerprint density at radius 3 is 2.27 bits per heavy atom. The normalized spacial score (nSPS) is 13.1. The topological polar surface area (TPSA) is 88.4 Å². The molecular formula is C23H23F3N2O4S. The summed E-state index contributed by atoms with van der Waals surface area (Å²) in [6.07, 6.45) is -4.37. The second kappa shape index (κ2) is 9.03. The number of sulfone groups is 1. The monoisotopic (exact) mass is 480 g/mol. The second-order valence-corrected chi connectivity index (χ2v) is 9.80. The number of amides is 1. The molecule has 2 N–H and O–H groups in total. The van der Waals surface area contributed by atoms with E-state index in [1.54, 1.807) is 0 Å². The van der Waals surface area contributed by atoms with Crippen LogP contribution in [0.5, 0.6) is 0 Å². The average molecular weight is 481 g/mol. The van der Waals surface area contributed by atoms with E-state index in [0.717, 1.165) is 12.3 Å². The highest BCUT2D eigenvalue weighted by Crippen LogP contribution is 2.36. The van der Waals surface area contributed by atoms with Gasteiger partial charge in [-0.1, -0.05) is 12.1 Å². The maximum Gasteiger partial charge on any atom is 0.418 e. The fourth-order valence-corrected chi connectivity index (χ4v) is 4.21. The Balaban J connectivity index is 2.05. The minimum atomic E-state index is -4.61. The molecule has 33 heavy (non-hydrogen) atoms. The molecule has 0 bridgehead atoms. The predicted molar refractivity (Wildman–Crippen MR) is 118 cm³/mol. The van der Waals surface area contributed by atoms with Crippen LogP contribution < -0.4 is 5.32 Å².